The molecule has 0 aliphatic rings. The molecule has 5 N–H and O–H groups in total. The SMILES string of the molecule is CC(CCN)C(=O)Nc1ccc(S(N)(=O)=O)cc1. The third-order valence-electron chi connectivity index (χ3n) is 2.50. The Hall–Kier alpha value is -1.44. The topological polar surface area (TPSA) is 115 Å². The number of hydrogen-bond acceptors (Lipinski definition) is 4. The van der Waals surface area contributed by atoms with Crippen LogP contribution in [0.5, 0.6) is 0 Å². The number of carbonyl (C=O) groups is 1. The Morgan fingerprint density at radius 3 is 2.33 bits per heavy atom. The lowest BCUT2D eigenvalue weighted by atomic mass is 10.1. The maximum absolute atomic E-state index is 11.7. The Labute approximate surface area is 106 Å². The van der Waals surface area contributed by atoms with Gasteiger partial charge in [0, 0.05) is 11.6 Å². The molecule has 1 rings (SSSR count). The molecule has 0 aromatic heterocycles. The third-order valence-corrected chi connectivity index (χ3v) is 3.43. The molecular formula is C11H17N3O3S. The van der Waals surface area contributed by atoms with E-state index >= 15 is 0 Å². The largest absolute Gasteiger partial charge is 0.330 e. The van der Waals surface area contributed by atoms with E-state index in [0.29, 0.717) is 18.7 Å². The number of nitrogens with two attached hydrogens (primary N) is 2. The molecule has 0 fully saturated rings. The van der Waals surface area contributed by atoms with Crippen molar-refractivity contribution in [1.82, 2.24) is 0 Å². The summed E-state index contributed by atoms with van der Waals surface area (Å²) in [5, 5.41) is 7.64. The van der Waals surface area contributed by atoms with Gasteiger partial charge in [-0.1, -0.05) is 6.92 Å². The molecule has 0 saturated carbocycles. The highest BCUT2D eigenvalue weighted by Gasteiger charge is 2.12. The van der Waals surface area contributed by atoms with Gasteiger partial charge in [-0.3, -0.25) is 4.79 Å². The van der Waals surface area contributed by atoms with Crippen LogP contribution in [-0.2, 0) is 14.8 Å². The molecule has 1 unspecified atom stereocenters. The average Bonchev–Trinajstić information content (AvgIpc) is 2.28. The van der Waals surface area contributed by atoms with Crippen LogP contribution in [-0.4, -0.2) is 20.9 Å². The lowest BCUT2D eigenvalue weighted by Crippen LogP contribution is -2.22. The lowest BCUT2D eigenvalue weighted by molar-refractivity contribution is -0.119. The maximum atomic E-state index is 11.7. The quantitative estimate of drug-likeness (QED) is 0.712. The first kappa shape index (κ1) is 14.6. The predicted molar refractivity (Wildman–Crippen MR) is 69.3 cm³/mol. The third kappa shape index (κ3) is 4.10. The van der Waals surface area contributed by atoms with Crippen molar-refractivity contribution >= 4 is 21.6 Å². The van der Waals surface area contributed by atoms with Gasteiger partial charge in [0.25, 0.3) is 0 Å². The zero-order valence-electron chi connectivity index (χ0n) is 10.1. The highest BCUT2D eigenvalue weighted by Crippen LogP contribution is 2.14. The molecule has 0 aliphatic heterocycles. The summed E-state index contributed by atoms with van der Waals surface area (Å²) in [5.74, 6) is -0.336. The highest BCUT2D eigenvalue weighted by molar-refractivity contribution is 7.89. The average molecular weight is 271 g/mol. The van der Waals surface area contributed by atoms with Crippen molar-refractivity contribution in [1.29, 1.82) is 0 Å². The maximum Gasteiger partial charge on any atom is 0.238 e. The summed E-state index contributed by atoms with van der Waals surface area (Å²) in [4.78, 5) is 11.7. The fraction of sp³-hybridized carbons (Fsp3) is 0.364. The molecule has 6 nitrogen and oxygen atoms in total. The monoisotopic (exact) mass is 271 g/mol. The van der Waals surface area contributed by atoms with Crippen LogP contribution in [0.15, 0.2) is 29.2 Å². The van der Waals surface area contributed by atoms with Crippen molar-refractivity contribution in [3.05, 3.63) is 24.3 Å². The zero-order valence-corrected chi connectivity index (χ0v) is 10.9. The number of rotatable bonds is 5. The van der Waals surface area contributed by atoms with E-state index in [2.05, 4.69) is 5.32 Å². The summed E-state index contributed by atoms with van der Waals surface area (Å²) in [6, 6.07) is 5.68. The van der Waals surface area contributed by atoms with Gasteiger partial charge in [0.15, 0.2) is 0 Å². The predicted octanol–water partition coefficient (Wildman–Crippen LogP) is 0.257. The first-order valence-corrected chi connectivity index (χ1v) is 7.03. The second kappa shape index (κ2) is 5.94. The van der Waals surface area contributed by atoms with Crippen LogP contribution in [0.3, 0.4) is 0 Å². The summed E-state index contributed by atoms with van der Waals surface area (Å²) in [7, 11) is -3.70. The minimum atomic E-state index is -3.70. The number of carbonyl (C=O) groups excluding carboxylic acids is 1. The van der Waals surface area contributed by atoms with Crippen molar-refractivity contribution in [2.75, 3.05) is 11.9 Å². The molecule has 18 heavy (non-hydrogen) atoms. The summed E-state index contributed by atoms with van der Waals surface area (Å²) in [6.45, 7) is 2.22. The Morgan fingerprint density at radius 1 is 1.33 bits per heavy atom. The molecule has 0 spiro atoms. The fourth-order valence-electron chi connectivity index (χ4n) is 1.37. The van der Waals surface area contributed by atoms with Crippen LogP contribution in [0, 0.1) is 5.92 Å². The molecule has 7 heteroatoms. The number of hydrogen-bond donors (Lipinski definition) is 3. The van der Waals surface area contributed by atoms with Crippen molar-refractivity contribution in [2.24, 2.45) is 16.8 Å². The van der Waals surface area contributed by atoms with Crippen molar-refractivity contribution in [3.63, 3.8) is 0 Å². The number of primary sulfonamides is 1. The van der Waals surface area contributed by atoms with Gasteiger partial charge in [0.1, 0.15) is 0 Å². The normalized spacial score (nSPS) is 13.1. The summed E-state index contributed by atoms with van der Waals surface area (Å²) < 4.78 is 22.1. The van der Waals surface area contributed by atoms with Crippen LogP contribution in [0.4, 0.5) is 5.69 Å². The van der Waals surface area contributed by atoms with Crippen LogP contribution in [0.1, 0.15) is 13.3 Å². The van der Waals surface area contributed by atoms with Crippen LogP contribution in [0.2, 0.25) is 0 Å². The van der Waals surface area contributed by atoms with E-state index in [1.54, 1.807) is 6.92 Å². The van der Waals surface area contributed by atoms with Crippen LogP contribution >= 0.6 is 0 Å². The van der Waals surface area contributed by atoms with Gasteiger partial charge < -0.3 is 11.1 Å². The lowest BCUT2D eigenvalue weighted by Gasteiger charge is -2.11. The van der Waals surface area contributed by atoms with E-state index in [4.69, 9.17) is 10.9 Å². The van der Waals surface area contributed by atoms with Crippen molar-refractivity contribution < 1.29 is 13.2 Å². The van der Waals surface area contributed by atoms with E-state index in [0.717, 1.165) is 0 Å². The van der Waals surface area contributed by atoms with E-state index < -0.39 is 10.0 Å². The molecule has 1 amide bonds. The molecule has 0 aliphatic carbocycles. The molecule has 0 radical (unpaired) electrons. The first-order valence-electron chi connectivity index (χ1n) is 5.48. The summed E-state index contributed by atoms with van der Waals surface area (Å²) in [6.07, 6.45) is 0.598. The van der Waals surface area contributed by atoms with E-state index in [1.807, 2.05) is 0 Å². The summed E-state index contributed by atoms with van der Waals surface area (Å²) in [5.41, 5.74) is 5.89. The highest BCUT2D eigenvalue weighted by atomic mass is 32.2. The molecule has 1 aromatic rings. The second-order valence-corrected chi connectivity index (χ2v) is 5.60. The number of amides is 1. The van der Waals surface area contributed by atoms with E-state index in [1.165, 1.54) is 24.3 Å². The van der Waals surface area contributed by atoms with Gasteiger partial charge in [0.05, 0.1) is 4.90 Å². The van der Waals surface area contributed by atoms with Crippen LogP contribution in [0.25, 0.3) is 0 Å². The van der Waals surface area contributed by atoms with Gasteiger partial charge in [-0.25, -0.2) is 13.6 Å². The molecule has 0 saturated heterocycles. The van der Waals surface area contributed by atoms with Gasteiger partial charge in [-0.2, -0.15) is 0 Å². The smallest absolute Gasteiger partial charge is 0.238 e. The zero-order chi connectivity index (χ0) is 13.8. The van der Waals surface area contributed by atoms with Gasteiger partial charge in [-0.05, 0) is 37.2 Å². The number of anilines is 1. The Bertz CT molecular complexity index is 511. The number of sulfonamides is 1. The Morgan fingerprint density at radius 2 is 1.89 bits per heavy atom. The molecule has 1 aromatic carbocycles. The van der Waals surface area contributed by atoms with Gasteiger partial charge >= 0.3 is 0 Å². The summed E-state index contributed by atoms with van der Waals surface area (Å²) >= 11 is 0. The minimum Gasteiger partial charge on any atom is -0.330 e. The standard InChI is InChI=1S/C11H17N3O3S/c1-8(6-7-12)11(15)14-9-2-4-10(5-3-9)18(13,16)17/h2-5,8H,6-7,12H2,1H3,(H,14,15)(H2,13,16,17). The Kier molecular flexibility index (Phi) is 4.83. The molecule has 0 bridgehead atoms. The number of benzene rings is 1. The molecule has 1 atom stereocenters. The first-order chi connectivity index (χ1) is 8.34. The second-order valence-electron chi connectivity index (χ2n) is 4.04. The Balaban J connectivity index is 2.73. The fourth-order valence-corrected chi connectivity index (χ4v) is 1.89. The molecule has 100 valence electrons. The van der Waals surface area contributed by atoms with Crippen LogP contribution < -0.4 is 16.2 Å². The van der Waals surface area contributed by atoms with Gasteiger partial charge in [0.2, 0.25) is 15.9 Å². The van der Waals surface area contributed by atoms with Gasteiger partial charge in [-0.15, -0.1) is 0 Å². The molecule has 0 heterocycles. The molecular weight excluding hydrogens is 254 g/mol. The van der Waals surface area contributed by atoms with Crippen molar-refractivity contribution in [2.45, 2.75) is 18.2 Å². The van der Waals surface area contributed by atoms with E-state index in [-0.39, 0.29) is 16.7 Å². The number of nitrogens with one attached hydrogen (secondary N) is 1. The van der Waals surface area contributed by atoms with E-state index in [9.17, 15) is 13.2 Å². The minimum absolute atomic E-state index is 0.00973. The van der Waals surface area contributed by atoms with Crippen molar-refractivity contribution in [3.8, 4) is 0 Å².